The number of benzene rings is 2. The van der Waals surface area contributed by atoms with Crippen molar-refractivity contribution in [3.8, 4) is 5.75 Å². The smallest absolute Gasteiger partial charge is 0.253 e. The highest BCUT2D eigenvalue weighted by atomic mass is 127. The summed E-state index contributed by atoms with van der Waals surface area (Å²) in [5, 5.41) is 0. The van der Waals surface area contributed by atoms with Crippen LogP contribution in [0.4, 0.5) is 4.39 Å². The number of para-hydroxylation sites is 1. The van der Waals surface area contributed by atoms with E-state index in [1.807, 2.05) is 18.2 Å². The Morgan fingerprint density at radius 3 is 2.71 bits per heavy atom. The number of hydrogen-bond donors (Lipinski definition) is 0. The van der Waals surface area contributed by atoms with Gasteiger partial charge in [-0.2, -0.15) is 0 Å². The van der Waals surface area contributed by atoms with Gasteiger partial charge in [0.2, 0.25) is 0 Å². The minimum atomic E-state index is -0.399. The Kier molecular flexibility index (Phi) is 5.55. The highest BCUT2D eigenvalue weighted by Gasteiger charge is 2.12. The van der Waals surface area contributed by atoms with Crippen LogP contribution in [0.5, 0.6) is 5.75 Å². The largest absolute Gasteiger partial charge is 0.489 e. The molecule has 0 aliphatic heterocycles. The highest BCUT2D eigenvalue weighted by Crippen LogP contribution is 2.15. The molecule has 0 fully saturated rings. The van der Waals surface area contributed by atoms with Gasteiger partial charge in [0.25, 0.3) is 5.91 Å². The molecule has 0 aliphatic carbocycles. The minimum Gasteiger partial charge on any atom is -0.489 e. The van der Waals surface area contributed by atoms with E-state index in [1.165, 1.54) is 6.07 Å². The van der Waals surface area contributed by atoms with E-state index in [4.69, 9.17) is 4.74 Å². The second kappa shape index (κ2) is 7.40. The van der Waals surface area contributed by atoms with E-state index >= 15 is 0 Å². The summed E-state index contributed by atoms with van der Waals surface area (Å²) in [5.74, 6) is -0.276. The number of carbonyl (C=O) groups excluding carboxylic acids is 1. The molecule has 0 aromatic heterocycles. The standard InChI is InChI=1S/C16H15FINO2/c1-19(16(20)12-5-4-6-13(18)11-12)9-10-21-15-8-3-2-7-14(15)17/h2-8,11H,9-10H2,1H3. The third-order valence-corrected chi connectivity index (χ3v) is 3.61. The molecule has 0 saturated carbocycles. The van der Waals surface area contributed by atoms with Gasteiger partial charge in [-0.3, -0.25) is 4.79 Å². The molecule has 0 saturated heterocycles. The van der Waals surface area contributed by atoms with Gasteiger partial charge < -0.3 is 9.64 Å². The molecule has 0 unspecified atom stereocenters. The van der Waals surface area contributed by atoms with E-state index < -0.39 is 5.82 Å². The van der Waals surface area contributed by atoms with Crippen LogP contribution in [-0.4, -0.2) is 31.0 Å². The number of hydrogen-bond acceptors (Lipinski definition) is 2. The van der Waals surface area contributed by atoms with Crippen molar-refractivity contribution < 1.29 is 13.9 Å². The van der Waals surface area contributed by atoms with Crippen LogP contribution in [-0.2, 0) is 0 Å². The maximum atomic E-state index is 13.4. The van der Waals surface area contributed by atoms with Gasteiger partial charge in [0.15, 0.2) is 11.6 Å². The Labute approximate surface area is 136 Å². The van der Waals surface area contributed by atoms with Crippen LogP contribution < -0.4 is 4.74 Å². The van der Waals surface area contributed by atoms with E-state index in [0.29, 0.717) is 12.1 Å². The number of halogens is 2. The van der Waals surface area contributed by atoms with Crippen molar-refractivity contribution in [2.45, 2.75) is 0 Å². The monoisotopic (exact) mass is 399 g/mol. The molecular weight excluding hydrogens is 384 g/mol. The summed E-state index contributed by atoms with van der Waals surface area (Å²) < 4.78 is 19.7. The Balaban J connectivity index is 1.89. The van der Waals surface area contributed by atoms with Crippen LogP contribution in [0.15, 0.2) is 48.5 Å². The molecule has 2 aromatic rings. The van der Waals surface area contributed by atoms with Crippen LogP contribution in [0.3, 0.4) is 0 Å². The van der Waals surface area contributed by atoms with Crippen molar-refractivity contribution in [1.29, 1.82) is 0 Å². The fourth-order valence-corrected chi connectivity index (χ4v) is 2.34. The fraction of sp³-hybridized carbons (Fsp3) is 0.188. The first-order valence-electron chi connectivity index (χ1n) is 6.46. The predicted octanol–water partition coefficient (Wildman–Crippen LogP) is 3.58. The normalized spacial score (nSPS) is 10.2. The molecule has 0 bridgehead atoms. The summed E-state index contributed by atoms with van der Waals surface area (Å²) in [4.78, 5) is 13.8. The summed E-state index contributed by atoms with van der Waals surface area (Å²) in [7, 11) is 1.70. The lowest BCUT2D eigenvalue weighted by molar-refractivity contribution is 0.0773. The molecule has 3 nitrogen and oxygen atoms in total. The fourth-order valence-electron chi connectivity index (χ4n) is 1.80. The number of rotatable bonds is 5. The Hall–Kier alpha value is -1.63. The molecule has 0 spiro atoms. The van der Waals surface area contributed by atoms with Crippen LogP contribution in [0, 0.1) is 9.39 Å². The molecule has 110 valence electrons. The van der Waals surface area contributed by atoms with Gasteiger partial charge in [0, 0.05) is 16.2 Å². The van der Waals surface area contributed by atoms with Gasteiger partial charge in [-0.05, 0) is 52.9 Å². The first kappa shape index (κ1) is 15.8. The van der Waals surface area contributed by atoms with E-state index in [0.717, 1.165) is 3.57 Å². The van der Waals surface area contributed by atoms with E-state index in [9.17, 15) is 9.18 Å². The topological polar surface area (TPSA) is 29.5 Å². The zero-order valence-electron chi connectivity index (χ0n) is 11.6. The summed E-state index contributed by atoms with van der Waals surface area (Å²) in [6.45, 7) is 0.631. The van der Waals surface area contributed by atoms with Crippen LogP contribution in [0.25, 0.3) is 0 Å². The van der Waals surface area contributed by atoms with Gasteiger partial charge >= 0.3 is 0 Å². The molecule has 1 amide bonds. The Morgan fingerprint density at radius 1 is 1.24 bits per heavy atom. The highest BCUT2D eigenvalue weighted by molar-refractivity contribution is 14.1. The molecule has 0 aliphatic rings. The lowest BCUT2D eigenvalue weighted by atomic mass is 10.2. The second-order valence-electron chi connectivity index (χ2n) is 4.52. The zero-order chi connectivity index (χ0) is 15.2. The minimum absolute atomic E-state index is 0.0781. The van der Waals surface area contributed by atoms with Crippen molar-refractivity contribution in [3.63, 3.8) is 0 Å². The number of ether oxygens (including phenoxy) is 1. The Bertz CT molecular complexity index is 633. The van der Waals surface area contributed by atoms with Gasteiger partial charge in [-0.1, -0.05) is 18.2 Å². The van der Waals surface area contributed by atoms with E-state index in [2.05, 4.69) is 22.6 Å². The van der Waals surface area contributed by atoms with Crippen LogP contribution in [0.1, 0.15) is 10.4 Å². The maximum Gasteiger partial charge on any atom is 0.253 e. The summed E-state index contributed by atoms with van der Waals surface area (Å²) in [6.07, 6.45) is 0. The molecule has 0 radical (unpaired) electrons. The van der Waals surface area contributed by atoms with Crippen molar-refractivity contribution in [1.82, 2.24) is 4.90 Å². The first-order valence-corrected chi connectivity index (χ1v) is 7.54. The van der Waals surface area contributed by atoms with Crippen molar-refractivity contribution in [2.24, 2.45) is 0 Å². The number of nitrogens with zero attached hydrogens (tertiary/aromatic N) is 1. The second-order valence-corrected chi connectivity index (χ2v) is 5.76. The average Bonchev–Trinajstić information content (AvgIpc) is 2.48. The molecule has 21 heavy (non-hydrogen) atoms. The third kappa shape index (κ3) is 4.42. The lowest BCUT2D eigenvalue weighted by Gasteiger charge is -2.17. The maximum absolute atomic E-state index is 13.4. The molecule has 2 rings (SSSR count). The molecule has 0 N–H and O–H groups in total. The number of carbonyl (C=O) groups is 1. The average molecular weight is 399 g/mol. The summed E-state index contributed by atoms with van der Waals surface area (Å²) in [5.41, 5.74) is 0.635. The molecular formula is C16H15FINO2. The summed E-state index contributed by atoms with van der Waals surface area (Å²) in [6, 6.07) is 13.6. The molecule has 0 atom stereocenters. The zero-order valence-corrected chi connectivity index (χ0v) is 13.7. The quantitative estimate of drug-likeness (QED) is 0.720. The van der Waals surface area contributed by atoms with Crippen LogP contribution in [0.2, 0.25) is 0 Å². The SMILES string of the molecule is CN(CCOc1ccccc1F)C(=O)c1cccc(I)c1. The molecule has 2 aromatic carbocycles. The van der Waals surface area contributed by atoms with E-state index in [1.54, 1.807) is 36.2 Å². The van der Waals surface area contributed by atoms with Crippen molar-refractivity contribution in [3.05, 3.63) is 63.5 Å². The van der Waals surface area contributed by atoms with Gasteiger partial charge in [-0.15, -0.1) is 0 Å². The van der Waals surface area contributed by atoms with Gasteiger partial charge in [0.1, 0.15) is 6.61 Å². The first-order chi connectivity index (χ1) is 10.1. The molecule has 0 heterocycles. The van der Waals surface area contributed by atoms with Crippen molar-refractivity contribution in [2.75, 3.05) is 20.2 Å². The number of likely N-dealkylation sites (N-methyl/N-ethyl adjacent to an activating group) is 1. The van der Waals surface area contributed by atoms with Gasteiger partial charge in [0.05, 0.1) is 6.54 Å². The van der Waals surface area contributed by atoms with Crippen molar-refractivity contribution >= 4 is 28.5 Å². The predicted molar refractivity (Wildman–Crippen MR) is 88.0 cm³/mol. The molecule has 5 heteroatoms. The van der Waals surface area contributed by atoms with E-state index in [-0.39, 0.29) is 18.3 Å². The lowest BCUT2D eigenvalue weighted by Crippen LogP contribution is -2.31. The number of amides is 1. The van der Waals surface area contributed by atoms with Gasteiger partial charge in [-0.25, -0.2) is 4.39 Å². The Morgan fingerprint density at radius 2 is 2.00 bits per heavy atom. The summed E-state index contributed by atoms with van der Waals surface area (Å²) >= 11 is 2.17. The van der Waals surface area contributed by atoms with Crippen LogP contribution >= 0.6 is 22.6 Å². The third-order valence-electron chi connectivity index (χ3n) is 2.94.